The highest BCUT2D eigenvalue weighted by Crippen LogP contribution is 2.31. The summed E-state index contributed by atoms with van der Waals surface area (Å²) in [5, 5.41) is 2.30. The van der Waals surface area contributed by atoms with Crippen molar-refractivity contribution in [3.63, 3.8) is 0 Å². The molecule has 1 amide bonds. The average molecular weight is 402 g/mol. The molecule has 0 bridgehead atoms. The Morgan fingerprint density at radius 1 is 1.14 bits per heavy atom. The Morgan fingerprint density at radius 2 is 1.93 bits per heavy atom. The van der Waals surface area contributed by atoms with Crippen molar-refractivity contribution in [2.45, 2.75) is 12.6 Å². The van der Waals surface area contributed by atoms with E-state index in [1.165, 1.54) is 11.3 Å². The molecule has 1 atom stereocenters. The second-order valence-electron chi connectivity index (χ2n) is 6.73. The number of fused-ring (bicyclic) bond motifs is 4. The number of nitrogens with zero attached hydrogens (tertiary/aromatic N) is 2. The molecule has 0 radical (unpaired) electrons. The Morgan fingerprint density at radius 3 is 2.79 bits per heavy atom. The van der Waals surface area contributed by atoms with Crippen molar-refractivity contribution in [3.8, 4) is 11.5 Å². The quantitative estimate of drug-likeness (QED) is 0.480. The smallest absolute Gasteiger partial charge is 0.292 e. The molecule has 5 nitrogen and oxygen atoms in total. The van der Waals surface area contributed by atoms with Gasteiger partial charge in [0, 0.05) is 11.9 Å². The van der Waals surface area contributed by atoms with E-state index in [0.717, 1.165) is 21.0 Å². The van der Waals surface area contributed by atoms with Crippen molar-refractivity contribution in [3.05, 3.63) is 78.1 Å². The van der Waals surface area contributed by atoms with Gasteiger partial charge in [-0.15, -0.1) is 6.58 Å². The molecule has 0 saturated carbocycles. The lowest BCUT2D eigenvalue weighted by Crippen LogP contribution is -2.36. The van der Waals surface area contributed by atoms with Crippen LogP contribution in [0.15, 0.2) is 78.3 Å². The Balaban J connectivity index is 1.59. The molecular formula is C23H18N2O3S. The first-order valence-corrected chi connectivity index (χ1v) is 10.2. The van der Waals surface area contributed by atoms with Crippen molar-refractivity contribution in [1.29, 1.82) is 0 Å². The Labute approximate surface area is 171 Å². The van der Waals surface area contributed by atoms with Gasteiger partial charge in [-0.05, 0) is 23.6 Å². The highest BCUT2D eigenvalue weighted by molar-refractivity contribution is 7.17. The molecule has 1 aromatic heterocycles. The summed E-state index contributed by atoms with van der Waals surface area (Å²) in [6.07, 6.45) is 1.05. The molecule has 6 heteroatoms. The molecule has 1 unspecified atom stereocenters. The van der Waals surface area contributed by atoms with Gasteiger partial charge in [-0.3, -0.25) is 4.79 Å². The summed E-state index contributed by atoms with van der Waals surface area (Å²) in [5.41, 5.74) is 1.03. The van der Waals surface area contributed by atoms with Gasteiger partial charge < -0.3 is 14.0 Å². The molecular weight excluding hydrogens is 384 g/mol. The van der Waals surface area contributed by atoms with Gasteiger partial charge in [0.25, 0.3) is 5.91 Å². The fourth-order valence-electron chi connectivity index (χ4n) is 3.50. The number of carbonyl (C=O) groups is 1. The zero-order valence-electron chi connectivity index (χ0n) is 15.6. The van der Waals surface area contributed by atoms with Gasteiger partial charge >= 0.3 is 0 Å². The molecule has 2 heterocycles. The first kappa shape index (κ1) is 17.7. The topological polar surface area (TPSA) is 52.8 Å². The van der Waals surface area contributed by atoms with Gasteiger partial charge in [0.15, 0.2) is 16.3 Å². The Bertz CT molecular complexity index is 1320. The molecule has 29 heavy (non-hydrogen) atoms. The normalized spacial score (nSPS) is 16.3. The minimum Gasteiger partial charge on any atom is -0.485 e. The van der Waals surface area contributed by atoms with E-state index >= 15 is 0 Å². The van der Waals surface area contributed by atoms with Gasteiger partial charge in [0.2, 0.25) is 6.10 Å². The number of aromatic nitrogens is 1. The molecule has 5 rings (SSSR count). The molecule has 1 aliphatic heterocycles. The minimum absolute atomic E-state index is 0.147. The molecule has 1 aliphatic rings. The number of ether oxygens (including phenoxy) is 2. The third-order valence-electron chi connectivity index (χ3n) is 4.88. The summed E-state index contributed by atoms with van der Waals surface area (Å²) < 4.78 is 14.6. The second-order valence-corrected chi connectivity index (χ2v) is 7.71. The monoisotopic (exact) mass is 402 g/mol. The summed E-state index contributed by atoms with van der Waals surface area (Å²) >= 11 is 1.50. The van der Waals surface area contributed by atoms with Crippen LogP contribution in [-0.4, -0.2) is 23.2 Å². The predicted molar refractivity (Wildman–Crippen MR) is 114 cm³/mol. The zero-order chi connectivity index (χ0) is 19.8. The maximum absolute atomic E-state index is 12.9. The van der Waals surface area contributed by atoms with Crippen LogP contribution in [-0.2, 0) is 11.3 Å². The third kappa shape index (κ3) is 3.11. The third-order valence-corrected chi connectivity index (χ3v) is 6.00. The molecule has 0 N–H and O–H groups in total. The lowest BCUT2D eigenvalue weighted by atomic mass is 10.1. The van der Waals surface area contributed by atoms with Crippen LogP contribution in [0.2, 0.25) is 0 Å². The Kier molecular flexibility index (Phi) is 4.41. The zero-order valence-corrected chi connectivity index (χ0v) is 16.4. The summed E-state index contributed by atoms with van der Waals surface area (Å²) in [7, 11) is 0. The lowest BCUT2D eigenvalue weighted by Gasteiger charge is -2.23. The summed E-state index contributed by atoms with van der Waals surface area (Å²) in [5.74, 6) is 0.855. The molecule has 0 fully saturated rings. The Hall–Kier alpha value is -3.38. The van der Waals surface area contributed by atoms with E-state index < -0.39 is 6.10 Å². The number of hydrogen-bond acceptors (Lipinski definition) is 4. The summed E-state index contributed by atoms with van der Waals surface area (Å²) in [6, 6.07) is 19.7. The van der Waals surface area contributed by atoms with Crippen LogP contribution >= 0.6 is 11.3 Å². The van der Waals surface area contributed by atoms with E-state index in [-0.39, 0.29) is 12.5 Å². The van der Waals surface area contributed by atoms with Gasteiger partial charge in [0.1, 0.15) is 6.61 Å². The average Bonchev–Trinajstić information content (AvgIpc) is 3.11. The lowest BCUT2D eigenvalue weighted by molar-refractivity contribution is -0.127. The fraction of sp³-hybridized carbons (Fsp3) is 0.130. The molecule has 3 aromatic carbocycles. The van der Waals surface area contributed by atoms with Crippen LogP contribution < -0.4 is 14.3 Å². The molecule has 0 spiro atoms. The van der Waals surface area contributed by atoms with Crippen LogP contribution in [0, 0.1) is 0 Å². The number of thiazole rings is 1. The van der Waals surface area contributed by atoms with Crippen molar-refractivity contribution < 1.29 is 14.3 Å². The van der Waals surface area contributed by atoms with Gasteiger partial charge in [-0.25, -0.2) is 0 Å². The number of allylic oxidation sites excluding steroid dienone is 1. The van der Waals surface area contributed by atoms with Gasteiger partial charge in [0.05, 0.1) is 10.2 Å². The fourth-order valence-corrected chi connectivity index (χ4v) is 4.68. The molecule has 0 aliphatic carbocycles. The van der Waals surface area contributed by atoms with Crippen molar-refractivity contribution in [2.24, 2.45) is 4.99 Å². The van der Waals surface area contributed by atoms with Crippen molar-refractivity contribution in [2.75, 3.05) is 6.61 Å². The van der Waals surface area contributed by atoms with Crippen molar-refractivity contribution >= 4 is 38.2 Å². The number of hydrogen-bond donors (Lipinski definition) is 0. The first-order valence-electron chi connectivity index (χ1n) is 9.33. The maximum Gasteiger partial charge on any atom is 0.292 e. The number of carbonyl (C=O) groups excluding carboxylic acids is 1. The number of para-hydroxylation sites is 2. The van der Waals surface area contributed by atoms with Crippen LogP contribution in [0.4, 0.5) is 0 Å². The van der Waals surface area contributed by atoms with Crippen LogP contribution in [0.1, 0.15) is 0 Å². The SMILES string of the molecule is C=CCn1c(=NC(=O)C2COc3ccccc3O2)sc2c3ccccc3ccc21. The molecule has 144 valence electrons. The number of benzene rings is 3. The van der Waals surface area contributed by atoms with E-state index in [9.17, 15) is 4.79 Å². The maximum atomic E-state index is 12.9. The number of amides is 1. The summed E-state index contributed by atoms with van der Waals surface area (Å²) in [6.45, 7) is 4.56. The molecule has 4 aromatic rings. The van der Waals surface area contributed by atoms with Crippen LogP contribution in [0.5, 0.6) is 11.5 Å². The largest absolute Gasteiger partial charge is 0.485 e. The van der Waals surface area contributed by atoms with Gasteiger partial charge in [-0.2, -0.15) is 4.99 Å². The van der Waals surface area contributed by atoms with Crippen LogP contribution in [0.3, 0.4) is 0 Å². The standard InChI is InChI=1S/C23H18N2O3S/c1-2-13-25-17-12-11-15-7-3-4-8-16(15)21(17)29-23(25)24-22(26)20-14-27-18-9-5-6-10-19(18)28-20/h2-12,20H,1,13-14H2. The van der Waals surface area contributed by atoms with E-state index in [0.29, 0.717) is 22.8 Å². The van der Waals surface area contributed by atoms with E-state index in [2.05, 4.69) is 35.8 Å². The van der Waals surface area contributed by atoms with E-state index in [1.54, 1.807) is 12.1 Å². The molecule has 0 saturated heterocycles. The number of rotatable bonds is 3. The highest BCUT2D eigenvalue weighted by Gasteiger charge is 2.27. The highest BCUT2D eigenvalue weighted by atomic mass is 32.1. The second kappa shape index (κ2) is 7.22. The van der Waals surface area contributed by atoms with Crippen molar-refractivity contribution in [1.82, 2.24) is 4.57 Å². The first-order chi connectivity index (χ1) is 14.2. The summed E-state index contributed by atoms with van der Waals surface area (Å²) in [4.78, 5) is 17.9. The predicted octanol–water partition coefficient (Wildman–Crippen LogP) is 4.31. The van der Waals surface area contributed by atoms with Crippen LogP contribution in [0.25, 0.3) is 21.0 Å². The van der Waals surface area contributed by atoms with Gasteiger partial charge in [-0.1, -0.05) is 59.9 Å². The van der Waals surface area contributed by atoms with E-state index in [4.69, 9.17) is 9.47 Å². The minimum atomic E-state index is -0.760. The van der Waals surface area contributed by atoms with E-state index in [1.807, 2.05) is 34.9 Å².